The van der Waals surface area contributed by atoms with Crippen LogP contribution in [0.4, 0.5) is 5.82 Å². The van der Waals surface area contributed by atoms with E-state index in [-0.39, 0.29) is 40.1 Å². The molecule has 2 saturated heterocycles. The van der Waals surface area contributed by atoms with Crippen molar-refractivity contribution >= 4 is 45.0 Å². The number of halogens is 2. The Morgan fingerprint density at radius 3 is 2.44 bits per heavy atom. The number of pyridine rings is 1. The molecule has 2 aliphatic heterocycles. The number of rotatable bonds is 6. The topological polar surface area (TPSA) is 91.8 Å². The number of sulfonamides is 1. The van der Waals surface area contributed by atoms with Crippen LogP contribution < -0.4 is 10.2 Å². The summed E-state index contributed by atoms with van der Waals surface area (Å²) < 4.78 is 32.5. The highest BCUT2D eigenvalue weighted by molar-refractivity contribution is 7.89. The molecule has 0 atom stereocenters. The molecule has 0 aliphatic carbocycles. The van der Waals surface area contributed by atoms with Crippen molar-refractivity contribution in [2.75, 3.05) is 44.3 Å². The van der Waals surface area contributed by atoms with E-state index in [1.54, 1.807) is 6.20 Å². The number of morpholine rings is 1. The number of nitrogens with one attached hydrogen (secondary N) is 1. The second kappa shape index (κ2) is 9.93. The molecular weight excluding hydrogens is 475 g/mol. The Bertz CT molecular complexity index is 1080. The van der Waals surface area contributed by atoms with Crippen molar-refractivity contribution in [1.29, 1.82) is 0 Å². The molecule has 3 heterocycles. The number of benzene rings is 1. The lowest BCUT2D eigenvalue weighted by molar-refractivity contribution is 0.0730. The quantitative estimate of drug-likeness (QED) is 0.658. The van der Waals surface area contributed by atoms with E-state index in [2.05, 4.69) is 15.2 Å². The van der Waals surface area contributed by atoms with Crippen LogP contribution in [-0.2, 0) is 21.3 Å². The van der Waals surface area contributed by atoms with E-state index >= 15 is 0 Å². The summed E-state index contributed by atoms with van der Waals surface area (Å²) in [4.78, 5) is 19.3. The molecule has 0 bridgehead atoms. The lowest BCUT2D eigenvalue weighted by Crippen LogP contribution is -2.40. The number of hydrogen-bond acceptors (Lipinski definition) is 6. The minimum atomic E-state index is -3.88. The fourth-order valence-electron chi connectivity index (χ4n) is 3.76. The number of aromatic nitrogens is 1. The number of carbonyl (C=O) groups is 1. The average molecular weight is 499 g/mol. The molecule has 32 heavy (non-hydrogen) atoms. The van der Waals surface area contributed by atoms with Gasteiger partial charge >= 0.3 is 0 Å². The van der Waals surface area contributed by atoms with Gasteiger partial charge in [0.2, 0.25) is 10.0 Å². The van der Waals surface area contributed by atoms with E-state index in [9.17, 15) is 13.2 Å². The Hall–Kier alpha value is -1.91. The summed E-state index contributed by atoms with van der Waals surface area (Å²) in [5.74, 6) is 0.435. The predicted octanol–water partition coefficient (Wildman–Crippen LogP) is 2.94. The van der Waals surface area contributed by atoms with Gasteiger partial charge in [0.05, 0.1) is 28.8 Å². The number of anilines is 1. The van der Waals surface area contributed by atoms with Crippen molar-refractivity contribution in [3.8, 4) is 0 Å². The number of carbonyl (C=O) groups excluding carboxylic acids is 1. The zero-order chi connectivity index (χ0) is 22.7. The van der Waals surface area contributed by atoms with Crippen LogP contribution in [0.3, 0.4) is 0 Å². The second-order valence-electron chi connectivity index (χ2n) is 7.68. The van der Waals surface area contributed by atoms with Crippen LogP contribution in [-0.4, -0.2) is 63.0 Å². The summed E-state index contributed by atoms with van der Waals surface area (Å²) in [5.41, 5.74) is 0.872. The molecule has 1 aromatic heterocycles. The minimum Gasteiger partial charge on any atom is -0.379 e. The molecule has 0 radical (unpaired) electrons. The molecule has 2 fully saturated rings. The molecule has 2 aliphatic rings. The summed E-state index contributed by atoms with van der Waals surface area (Å²) in [6, 6.07) is 6.38. The Morgan fingerprint density at radius 1 is 1.06 bits per heavy atom. The third-order valence-corrected chi connectivity index (χ3v) is 8.22. The van der Waals surface area contributed by atoms with Crippen LogP contribution in [0.15, 0.2) is 35.4 Å². The molecule has 1 amide bonds. The average Bonchev–Trinajstić information content (AvgIpc) is 3.33. The molecular formula is C21H24Cl2N4O4S. The molecule has 0 spiro atoms. The highest BCUT2D eigenvalue weighted by Gasteiger charge is 2.30. The predicted molar refractivity (Wildman–Crippen MR) is 123 cm³/mol. The first-order chi connectivity index (χ1) is 15.4. The Kier molecular flexibility index (Phi) is 7.21. The number of ether oxygens (including phenoxy) is 1. The number of nitrogens with zero attached hydrogens (tertiary/aromatic N) is 3. The van der Waals surface area contributed by atoms with E-state index in [1.165, 1.54) is 29.3 Å². The highest BCUT2D eigenvalue weighted by atomic mass is 35.5. The first kappa shape index (κ1) is 23.3. The molecule has 2 aromatic rings. The maximum Gasteiger partial charge on any atom is 0.253 e. The monoisotopic (exact) mass is 498 g/mol. The minimum absolute atomic E-state index is 0.0280. The molecule has 0 unspecified atom stereocenters. The smallest absolute Gasteiger partial charge is 0.253 e. The molecule has 4 rings (SSSR count). The fraction of sp³-hybridized carbons (Fsp3) is 0.429. The Balaban J connectivity index is 1.48. The van der Waals surface area contributed by atoms with E-state index in [0.29, 0.717) is 13.2 Å². The standard InChI is InChI=1S/C21H24Cl2N4O4S/c22-17-12-18(23)19(32(29,30)27-7-9-31-10-8-27)11-16(17)21(28)25-14-15-3-4-20(24-13-15)26-5-1-2-6-26/h3-4,11-13H,1-2,5-10,14H2,(H,25,28). The van der Waals surface area contributed by atoms with Crippen molar-refractivity contribution in [3.63, 3.8) is 0 Å². The van der Waals surface area contributed by atoms with Crippen molar-refractivity contribution in [2.45, 2.75) is 24.3 Å². The summed E-state index contributed by atoms with van der Waals surface area (Å²) in [6.45, 7) is 3.32. The van der Waals surface area contributed by atoms with Crippen molar-refractivity contribution in [2.24, 2.45) is 0 Å². The maximum atomic E-state index is 13.0. The van der Waals surface area contributed by atoms with Gasteiger partial charge in [-0.3, -0.25) is 4.79 Å². The second-order valence-corrected chi connectivity index (χ2v) is 10.4. The Labute approximate surface area is 197 Å². The Morgan fingerprint density at radius 2 is 1.78 bits per heavy atom. The van der Waals surface area contributed by atoms with Crippen molar-refractivity contribution in [1.82, 2.24) is 14.6 Å². The normalized spacial score (nSPS) is 17.5. The van der Waals surface area contributed by atoms with Crippen LogP contribution >= 0.6 is 23.2 Å². The summed E-state index contributed by atoms with van der Waals surface area (Å²) in [6.07, 6.45) is 4.07. The van der Waals surface area contributed by atoms with Crippen LogP contribution in [0, 0.1) is 0 Å². The molecule has 0 saturated carbocycles. The van der Waals surface area contributed by atoms with Gasteiger partial charge in [0.25, 0.3) is 5.91 Å². The van der Waals surface area contributed by atoms with Gasteiger partial charge in [-0.1, -0.05) is 29.3 Å². The van der Waals surface area contributed by atoms with E-state index in [0.717, 1.165) is 24.5 Å². The lowest BCUT2D eigenvalue weighted by atomic mass is 10.2. The molecule has 11 heteroatoms. The zero-order valence-electron chi connectivity index (χ0n) is 17.4. The molecule has 1 N–H and O–H groups in total. The van der Waals surface area contributed by atoms with Crippen LogP contribution in [0.2, 0.25) is 10.0 Å². The largest absolute Gasteiger partial charge is 0.379 e. The third-order valence-electron chi connectivity index (χ3n) is 5.55. The summed E-state index contributed by atoms with van der Waals surface area (Å²) >= 11 is 12.4. The van der Waals surface area contributed by atoms with Crippen LogP contribution in [0.1, 0.15) is 28.8 Å². The number of amides is 1. The molecule has 1 aromatic carbocycles. The van der Waals surface area contributed by atoms with Gasteiger partial charge in [0.1, 0.15) is 10.7 Å². The van der Waals surface area contributed by atoms with Gasteiger partial charge in [0.15, 0.2) is 0 Å². The van der Waals surface area contributed by atoms with E-state index in [4.69, 9.17) is 27.9 Å². The van der Waals surface area contributed by atoms with E-state index in [1.807, 2.05) is 12.1 Å². The van der Waals surface area contributed by atoms with Crippen LogP contribution in [0.5, 0.6) is 0 Å². The van der Waals surface area contributed by atoms with Gasteiger partial charge in [-0.2, -0.15) is 4.31 Å². The molecule has 8 nitrogen and oxygen atoms in total. The first-order valence-electron chi connectivity index (χ1n) is 10.4. The first-order valence-corrected chi connectivity index (χ1v) is 12.6. The van der Waals surface area contributed by atoms with Gasteiger partial charge in [-0.25, -0.2) is 13.4 Å². The van der Waals surface area contributed by atoms with Crippen molar-refractivity contribution < 1.29 is 17.9 Å². The summed E-state index contributed by atoms with van der Waals surface area (Å²) in [5, 5.41) is 2.83. The van der Waals surface area contributed by atoms with Gasteiger partial charge in [-0.15, -0.1) is 0 Å². The molecule has 172 valence electrons. The van der Waals surface area contributed by atoms with Gasteiger partial charge < -0.3 is 15.0 Å². The van der Waals surface area contributed by atoms with Gasteiger partial charge in [-0.05, 0) is 36.6 Å². The van der Waals surface area contributed by atoms with Crippen molar-refractivity contribution in [3.05, 3.63) is 51.6 Å². The van der Waals surface area contributed by atoms with E-state index < -0.39 is 15.9 Å². The maximum absolute atomic E-state index is 13.0. The zero-order valence-corrected chi connectivity index (χ0v) is 19.7. The highest BCUT2D eigenvalue weighted by Crippen LogP contribution is 2.31. The lowest BCUT2D eigenvalue weighted by Gasteiger charge is -2.26. The van der Waals surface area contributed by atoms with Crippen LogP contribution in [0.25, 0.3) is 0 Å². The third kappa shape index (κ3) is 5.02. The summed E-state index contributed by atoms with van der Waals surface area (Å²) in [7, 11) is -3.88. The SMILES string of the molecule is O=C(NCc1ccc(N2CCCC2)nc1)c1cc(S(=O)(=O)N2CCOCC2)c(Cl)cc1Cl. The number of hydrogen-bond donors (Lipinski definition) is 1. The van der Waals surface area contributed by atoms with Gasteiger partial charge in [0, 0.05) is 38.9 Å². The fourth-order valence-corrected chi connectivity index (χ4v) is 6.00.